The molecule has 94 valence electrons. The molecule has 0 bridgehead atoms. The van der Waals surface area contributed by atoms with Crippen LogP contribution in [0.4, 0.5) is 4.79 Å². The molecule has 1 aromatic rings. The Hall–Kier alpha value is -2.35. The van der Waals surface area contributed by atoms with Gasteiger partial charge in [-0.25, -0.2) is 4.79 Å². The molecule has 1 N–H and O–H groups in total. The molecule has 1 aliphatic rings. The van der Waals surface area contributed by atoms with Gasteiger partial charge in [-0.05, 0) is 17.7 Å². The number of ether oxygens (including phenoxy) is 2. The Bertz CT molecular complexity index is 493. The van der Waals surface area contributed by atoms with Crippen LogP contribution >= 0.6 is 0 Å². The third kappa shape index (κ3) is 2.66. The predicted octanol–water partition coefficient (Wildman–Crippen LogP) is 1.19. The number of hydrogen-bond donors (Lipinski definition) is 1. The van der Waals surface area contributed by atoms with Crippen molar-refractivity contribution in [3.8, 4) is 23.8 Å². The van der Waals surface area contributed by atoms with Crippen LogP contribution < -0.4 is 14.8 Å². The summed E-state index contributed by atoms with van der Waals surface area (Å²) < 4.78 is 10.5. The van der Waals surface area contributed by atoms with Crippen LogP contribution in [0, 0.1) is 12.3 Å². The Kier molecular flexibility index (Phi) is 3.58. The lowest BCUT2D eigenvalue weighted by Crippen LogP contribution is -2.36. The summed E-state index contributed by atoms with van der Waals surface area (Å²) in [6.07, 6.45) is 5.08. The Balaban J connectivity index is 1.97. The summed E-state index contributed by atoms with van der Waals surface area (Å²) >= 11 is 0. The molecule has 2 amide bonds. The number of urea groups is 1. The zero-order valence-corrected chi connectivity index (χ0v) is 10.1. The van der Waals surface area contributed by atoms with E-state index < -0.39 is 0 Å². The van der Waals surface area contributed by atoms with Crippen molar-refractivity contribution in [2.75, 3.05) is 20.4 Å². The van der Waals surface area contributed by atoms with Crippen molar-refractivity contribution in [2.45, 2.75) is 6.54 Å². The number of fused-ring (bicyclic) bond motifs is 1. The second-order valence-electron chi connectivity index (χ2n) is 3.91. The van der Waals surface area contributed by atoms with E-state index in [4.69, 9.17) is 15.9 Å². The van der Waals surface area contributed by atoms with Gasteiger partial charge in [0.15, 0.2) is 11.5 Å². The van der Waals surface area contributed by atoms with Gasteiger partial charge >= 0.3 is 6.03 Å². The third-order valence-electron chi connectivity index (χ3n) is 2.55. The van der Waals surface area contributed by atoms with E-state index in [2.05, 4.69) is 11.2 Å². The highest BCUT2D eigenvalue weighted by atomic mass is 16.7. The smallest absolute Gasteiger partial charge is 0.318 e. The van der Waals surface area contributed by atoms with Gasteiger partial charge in [0.25, 0.3) is 0 Å². The Morgan fingerprint density at radius 2 is 2.28 bits per heavy atom. The van der Waals surface area contributed by atoms with E-state index in [1.54, 1.807) is 11.9 Å². The van der Waals surface area contributed by atoms with Gasteiger partial charge < -0.3 is 19.7 Å². The summed E-state index contributed by atoms with van der Waals surface area (Å²) in [5.74, 6) is 3.80. The minimum atomic E-state index is -0.203. The number of benzene rings is 1. The van der Waals surface area contributed by atoms with E-state index >= 15 is 0 Å². The number of hydrogen-bond acceptors (Lipinski definition) is 3. The van der Waals surface area contributed by atoms with E-state index in [9.17, 15) is 4.79 Å². The number of terminal acetylenes is 1. The van der Waals surface area contributed by atoms with Gasteiger partial charge in [0.2, 0.25) is 6.79 Å². The molecular formula is C13H14N2O3. The second-order valence-corrected chi connectivity index (χ2v) is 3.91. The minimum Gasteiger partial charge on any atom is -0.454 e. The standard InChI is InChI=1S/C13H14N2O3/c1-3-6-14-13(16)15(2)8-10-4-5-11-12(7-10)18-9-17-11/h1,4-5,7H,6,8-9H2,2H3,(H,14,16). The average Bonchev–Trinajstić information content (AvgIpc) is 2.83. The molecule has 1 aromatic carbocycles. The van der Waals surface area contributed by atoms with Crippen LogP contribution in [0.1, 0.15) is 5.56 Å². The zero-order valence-electron chi connectivity index (χ0n) is 10.1. The summed E-state index contributed by atoms with van der Waals surface area (Å²) in [6.45, 7) is 0.953. The van der Waals surface area contributed by atoms with Crippen molar-refractivity contribution in [2.24, 2.45) is 0 Å². The number of nitrogens with zero attached hydrogens (tertiary/aromatic N) is 1. The van der Waals surface area contributed by atoms with E-state index in [0.29, 0.717) is 12.3 Å². The third-order valence-corrected chi connectivity index (χ3v) is 2.55. The fourth-order valence-electron chi connectivity index (χ4n) is 1.65. The molecule has 0 fully saturated rings. The van der Waals surface area contributed by atoms with Crippen LogP contribution in [0.15, 0.2) is 18.2 Å². The summed E-state index contributed by atoms with van der Waals surface area (Å²) in [4.78, 5) is 13.2. The van der Waals surface area contributed by atoms with Crippen molar-refractivity contribution in [1.29, 1.82) is 0 Å². The first-order valence-corrected chi connectivity index (χ1v) is 5.51. The average molecular weight is 246 g/mol. The molecule has 0 spiro atoms. The van der Waals surface area contributed by atoms with Gasteiger partial charge in [-0.2, -0.15) is 0 Å². The fourth-order valence-corrected chi connectivity index (χ4v) is 1.65. The van der Waals surface area contributed by atoms with Gasteiger partial charge in [-0.15, -0.1) is 6.42 Å². The first-order chi connectivity index (χ1) is 8.70. The Labute approximate surface area is 106 Å². The van der Waals surface area contributed by atoms with Crippen LogP contribution in [0.25, 0.3) is 0 Å². The summed E-state index contributed by atoms with van der Waals surface area (Å²) in [5.41, 5.74) is 0.970. The van der Waals surface area contributed by atoms with Crippen LogP contribution in [0.2, 0.25) is 0 Å². The second kappa shape index (κ2) is 5.32. The molecule has 1 aliphatic heterocycles. The van der Waals surface area contributed by atoms with Gasteiger partial charge in [0, 0.05) is 13.6 Å². The monoisotopic (exact) mass is 246 g/mol. The van der Waals surface area contributed by atoms with Crippen molar-refractivity contribution < 1.29 is 14.3 Å². The molecule has 0 saturated heterocycles. The number of carbonyl (C=O) groups excluding carboxylic acids is 1. The molecule has 1 heterocycles. The highest BCUT2D eigenvalue weighted by Gasteiger charge is 2.14. The summed E-state index contributed by atoms with van der Waals surface area (Å²) in [7, 11) is 1.70. The number of rotatable bonds is 3. The molecule has 0 radical (unpaired) electrons. The molecule has 0 atom stereocenters. The molecule has 2 rings (SSSR count). The number of amides is 2. The van der Waals surface area contributed by atoms with Crippen molar-refractivity contribution in [3.05, 3.63) is 23.8 Å². The fraction of sp³-hybridized carbons (Fsp3) is 0.308. The van der Waals surface area contributed by atoms with Gasteiger partial charge in [0.1, 0.15) is 0 Å². The Morgan fingerprint density at radius 3 is 3.06 bits per heavy atom. The van der Waals surface area contributed by atoms with E-state index in [-0.39, 0.29) is 19.4 Å². The maximum atomic E-state index is 11.6. The maximum Gasteiger partial charge on any atom is 0.318 e. The molecule has 0 unspecified atom stereocenters. The SMILES string of the molecule is C#CCNC(=O)N(C)Cc1ccc2c(c1)OCO2. The maximum absolute atomic E-state index is 11.6. The lowest BCUT2D eigenvalue weighted by molar-refractivity contribution is 0.174. The van der Waals surface area contributed by atoms with Crippen molar-refractivity contribution in [3.63, 3.8) is 0 Å². The molecular weight excluding hydrogens is 232 g/mol. The zero-order chi connectivity index (χ0) is 13.0. The van der Waals surface area contributed by atoms with Gasteiger partial charge in [-0.3, -0.25) is 0 Å². The highest BCUT2D eigenvalue weighted by molar-refractivity contribution is 5.74. The molecule has 0 aliphatic carbocycles. The van der Waals surface area contributed by atoms with Crippen LogP contribution in [-0.2, 0) is 6.54 Å². The van der Waals surface area contributed by atoms with Crippen molar-refractivity contribution >= 4 is 6.03 Å². The van der Waals surface area contributed by atoms with E-state index in [1.165, 1.54) is 0 Å². The number of nitrogens with one attached hydrogen (secondary N) is 1. The summed E-state index contributed by atoms with van der Waals surface area (Å²) in [5, 5.41) is 2.60. The largest absolute Gasteiger partial charge is 0.454 e. The molecule has 0 aromatic heterocycles. The van der Waals surface area contributed by atoms with Crippen LogP contribution in [0.5, 0.6) is 11.5 Å². The molecule has 18 heavy (non-hydrogen) atoms. The van der Waals surface area contributed by atoms with Crippen LogP contribution in [0.3, 0.4) is 0 Å². The molecule has 5 heteroatoms. The Morgan fingerprint density at radius 1 is 1.50 bits per heavy atom. The molecule has 0 saturated carbocycles. The predicted molar refractivity (Wildman–Crippen MR) is 66.3 cm³/mol. The molecule has 5 nitrogen and oxygen atoms in total. The summed E-state index contributed by atoms with van der Waals surface area (Å²) in [6, 6.07) is 5.40. The van der Waals surface area contributed by atoms with Gasteiger partial charge in [0.05, 0.1) is 6.54 Å². The van der Waals surface area contributed by atoms with Crippen LogP contribution in [-0.4, -0.2) is 31.3 Å². The van der Waals surface area contributed by atoms with Gasteiger partial charge in [-0.1, -0.05) is 12.0 Å². The lowest BCUT2D eigenvalue weighted by atomic mass is 10.2. The van der Waals surface area contributed by atoms with E-state index in [1.807, 2.05) is 18.2 Å². The van der Waals surface area contributed by atoms with E-state index in [0.717, 1.165) is 11.3 Å². The normalized spacial score (nSPS) is 11.8. The highest BCUT2D eigenvalue weighted by Crippen LogP contribution is 2.32. The lowest BCUT2D eigenvalue weighted by Gasteiger charge is -2.17. The minimum absolute atomic E-state index is 0.203. The topological polar surface area (TPSA) is 50.8 Å². The number of carbonyl (C=O) groups is 1. The first kappa shape index (κ1) is 12.1. The van der Waals surface area contributed by atoms with Crippen molar-refractivity contribution in [1.82, 2.24) is 10.2 Å². The quantitative estimate of drug-likeness (QED) is 0.815. The first-order valence-electron chi connectivity index (χ1n) is 5.51.